The second kappa shape index (κ2) is 8.71. The molecule has 2 N–H and O–H groups in total. The molecule has 0 unspecified atom stereocenters. The summed E-state index contributed by atoms with van der Waals surface area (Å²) >= 11 is 5.31. The monoisotopic (exact) mass is 397 g/mol. The number of phenolic OH excluding ortho intramolecular Hbond substituents is 1. The number of aromatic amines is 1. The number of ether oxygens (including phenoxy) is 1. The van der Waals surface area contributed by atoms with Crippen LogP contribution in [0.4, 0.5) is 5.69 Å². The molecule has 0 radical (unpaired) electrons. The quantitative estimate of drug-likeness (QED) is 0.464. The first-order valence-corrected chi connectivity index (χ1v) is 9.43. The summed E-state index contributed by atoms with van der Waals surface area (Å²) in [6.07, 6.45) is 1.56. The molecule has 1 aromatic heterocycles. The summed E-state index contributed by atoms with van der Waals surface area (Å²) in [5, 5.41) is 21.9. The Hall–Kier alpha value is -3.13. The Bertz CT molecular complexity index is 1040. The number of aromatic hydroxyl groups is 1. The maximum atomic E-state index is 10.4. The SMILES string of the molecule is CCN(CC)c1ccc(/C=N/n2c(-c3ccccc3OC)n[nH]c2=S)c(O)c1. The van der Waals surface area contributed by atoms with E-state index < -0.39 is 0 Å². The van der Waals surface area contributed by atoms with Gasteiger partial charge in [-0.1, -0.05) is 12.1 Å². The summed E-state index contributed by atoms with van der Waals surface area (Å²) in [7, 11) is 1.60. The number of rotatable bonds is 7. The van der Waals surface area contributed by atoms with Crippen LogP contribution in [0.3, 0.4) is 0 Å². The molecule has 146 valence electrons. The molecular formula is C20H23N5O2S. The molecule has 8 heteroatoms. The van der Waals surface area contributed by atoms with E-state index in [1.54, 1.807) is 19.4 Å². The number of nitrogens with zero attached hydrogens (tertiary/aromatic N) is 4. The second-order valence-corrected chi connectivity index (χ2v) is 6.41. The van der Waals surface area contributed by atoms with Crippen LogP contribution in [0.5, 0.6) is 11.5 Å². The first-order valence-electron chi connectivity index (χ1n) is 9.02. The fraction of sp³-hybridized carbons (Fsp3) is 0.250. The van der Waals surface area contributed by atoms with E-state index >= 15 is 0 Å². The van der Waals surface area contributed by atoms with Gasteiger partial charge in [-0.05, 0) is 50.3 Å². The summed E-state index contributed by atoms with van der Waals surface area (Å²) in [5.41, 5.74) is 2.31. The van der Waals surface area contributed by atoms with Gasteiger partial charge < -0.3 is 14.7 Å². The van der Waals surface area contributed by atoms with Crippen LogP contribution in [0, 0.1) is 4.77 Å². The minimum atomic E-state index is 0.155. The molecule has 7 nitrogen and oxygen atoms in total. The normalized spacial score (nSPS) is 11.1. The third-order valence-corrected chi connectivity index (χ3v) is 4.72. The van der Waals surface area contributed by atoms with E-state index in [0.717, 1.165) is 24.3 Å². The van der Waals surface area contributed by atoms with Gasteiger partial charge in [-0.2, -0.15) is 14.9 Å². The van der Waals surface area contributed by atoms with Gasteiger partial charge >= 0.3 is 0 Å². The van der Waals surface area contributed by atoms with Gasteiger partial charge in [0.15, 0.2) is 5.82 Å². The van der Waals surface area contributed by atoms with Gasteiger partial charge in [0, 0.05) is 30.4 Å². The van der Waals surface area contributed by atoms with Crippen molar-refractivity contribution in [1.82, 2.24) is 14.9 Å². The summed E-state index contributed by atoms with van der Waals surface area (Å²) < 4.78 is 7.25. The molecule has 0 amide bonds. The lowest BCUT2D eigenvalue weighted by Crippen LogP contribution is -2.21. The summed E-state index contributed by atoms with van der Waals surface area (Å²) in [6, 6.07) is 13.0. The number of H-pyrrole nitrogens is 1. The fourth-order valence-electron chi connectivity index (χ4n) is 2.95. The van der Waals surface area contributed by atoms with Crippen LogP contribution in [0.2, 0.25) is 0 Å². The van der Waals surface area contributed by atoms with E-state index in [0.29, 0.717) is 21.9 Å². The lowest BCUT2D eigenvalue weighted by Gasteiger charge is -2.21. The molecule has 0 bridgehead atoms. The molecule has 28 heavy (non-hydrogen) atoms. The maximum absolute atomic E-state index is 10.4. The zero-order valence-corrected chi connectivity index (χ0v) is 16.9. The Morgan fingerprint density at radius 2 is 2.00 bits per heavy atom. The lowest BCUT2D eigenvalue weighted by atomic mass is 10.2. The molecule has 0 aliphatic rings. The van der Waals surface area contributed by atoms with Gasteiger partial charge in [0.2, 0.25) is 4.77 Å². The van der Waals surface area contributed by atoms with Gasteiger partial charge in [-0.3, -0.25) is 0 Å². The summed E-state index contributed by atoms with van der Waals surface area (Å²) in [4.78, 5) is 2.16. The van der Waals surface area contributed by atoms with Crippen molar-refractivity contribution in [3.05, 3.63) is 52.8 Å². The van der Waals surface area contributed by atoms with Crippen LogP contribution in [-0.4, -0.2) is 46.4 Å². The number of benzene rings is 2. The molecule has 0 aliphatic carbocycles. The summed E-state index contributed by atoms with van der Waals surface area (Å²) in [6.45, 7) is 5.90. The lowest BCUT2D eigenvalue weighted by molar-refractivity contribution is 0.416. The van der Waals surface area contributed by atoms with Crippen molar-refractivity contribution in [2.45, 2.75) is 13.8 Å². The highest BCUT2D eigenvalue weighted by Crippen LogP contribution is 2.28. The van der Waals surface area contributed by atoms with Gasteiger partial charge in [0.1, 0.15) is 11.5 Å². The number of hydrogen-bond donors (Lipinski definition) is 2. The fourth-order valence-corrected chi connectivity index (χ4v) is 3.13. The van der Waals surface area contributed by atoms with Crippen molar-refractivity contribution in [2.24, 2.45) is 5.10 Å². The van der Waals surface area contributed by atoms with E-state index in [-0.39, 0.29) is 5.75 Å². The van der Waals surface area contributed by atoms with Crippen molar-refractivity contribution in [2.75, 3.05) is 25.1 Å². The van der Waals surface area contributed by atoms with Gasteiger partial charge in [-0.25, -0.2) is 5.10 Å². The number of phenols is 1. The van der Waals surface area contributed by atoms with Crippen molar-refractivity contribution in [3.8, 4) is 22.9 Å². The Morgan fingerprint density at radius 3 is 2.68 bits per heavy atom. The van der Waals surface area contributed by atoms with Crippen LogP contribution in [-0.2, 0) is 0 Å². The van der Waals surface area contributed by atoms with Crippen LogP contribution < -0.4 is 9.64 Å². The van der Waals surface area contributed by atoms with Crippen LogP contribution >= 0.6 is 12.2 Å². The minimum Gasteiger partial charge on any atom is -0.507 e. The number of nitrogens with one attached hydrogen (secondary N) is 1. The van der Waals surface area contributed by atoms with E-state index in [9.17, 15) is 5.11 Å². The topological polar surface area (TPSA) is 78.7 Å². The molecule has 0 atom stereocenters. The predicted molar refractivity (Wildman–Crippen MR) is 114 cm³/mol. The van der Waals surface area contributed by atoms with Gasteiger partial charge in [0.25, 0.3) is 0 Å². The van der Waals surface area contributed by atoms with Crippen LogP contribution in [0.15, 0.2) is 47.6 Å². The first kappa shape index (κ1) is 19.6. The largest absolute Gasteiger partial charge is 0.507 e. The van der Waals surface area contributed by atoms with Crippen molar-refractivity contribution < 1.29 is 9.84 Å². The first-order chi connectivity index (χ1) is 13.6. The molecular weight excluding hydrogens is 374 g/mol. The van der Waals surface area contributed by atoms with Crippen LogP contribution in [0.1, 0.15) is 19.4 Å². The highest BCUT2D eigenvalue weighted by Gasteiger charge is 2.13. The highest BCUT2D eigenvalue weighted by atomic mass is 32.1. The third kappa shape index (κ3) is 3.91. The Kier molecular flexibility index (Phi) is 6.10. The average molecular weight is 398 g/mol. The van der Waals surface area contributed by atoms with Crippen molar-refractivity contribution >= 4 is 24.1 Å². The highest BCUT2D eigenvalue weighted by molar-refractivity contribution is 7.71. The molecule has 3 rings (SSSR count). The number of hydrogen-bond acceptors (Lipinski definition) is 6. The smallest absolute Gasteiger partial charge is 0.216 e. The molecule has 0 spiro atoms. The predicted octanol–water partition coefficient (Wildman–Crippen LogP) is 4.05. The standard InChI is InChI=1S/C20H23N5O2S/c1-4-24(5-2)15-11-10-14(17(26)12-15)13-21-25-19(22-23-20(25)28)16-8-6-7-9-18(16)27-3/h6-13,26H,4-5H2,1-3H3,(H,23,28)/b21-13+. The molecule has 0 saturated carbocycles. The number of anilines is 1. The summed E-state index contributed by atoms with van der Waals surface area (Å²) in [5.74, 6) is 1.35. The molecule has 1 heterocycles. The van der Waals surface area contributed by atoms with E-state index in [4.69, 9.17) is 17.0 Å². The average Bonchev–Trinajstić information content (AvgIpc) is 3.08. The van der Waals surface area contributed by atoms with E-state index in [2.05, 4.69) is 34.0 Å². The zero-order valence-electron chi connectivity index (χ0n) is 16.1. The Labute approximate surface area is 168 Å². The van der Waals surface area contributed by atoms with Gasteiger partial charge in [0.05, 0.1) is 18.9 Å². The number of para-hydroxylation sites is 1. The van der Waals surface area contributed by atoms with E-state index in [1.165, 1.54) is 4.68 Å². The zero-order chi connectivity index (χ0) is 20.1. The van der Waals surface area contributed by atoms with Crippen molar-refractivity contribution in [3.63, 3.8) is 0 Å². The maximum Gasteiger partial charge on any atom is 0.216 e. The van der Waals surface area contributed by atoms with Crippen molar-refractivity contribution in [1.29, 1.82) is 0 Å². The Balaban J connectivity index is 1.96. The van der Waals surface area contributed by atoms with E-state index in [1.807, 2.05) is 36.4 Å². The molecule has 0 saturated heterocycles. The number of methoxy groups -OCH3 is 1. The third-order valence-electron chi connectivity index (χ3n) is 4.45. The van der Waals surface area contributed by atoms with Gasteiger partial charge in [-0.15, -0.1) is 0 Å². The molecule has 2 aromatic carbocycles. The Morgan fingerprint density at radius 1 is 1.25 bits per heavy atom. The van der Waals surface area contributed by atoms with Crippen LogP contribution in [0.25, 0.3) is 11.4 Å². The number of aromatic nitrogens is 3. The minimum absolute atomic E-state index is 0.155. The molecule has 0 aliphatic heterocycles. The second-order valence-electron chi connectivity index (χ2n) is 6.02. The molecule has 0 fully saturated rings. The molecule has 3 aromatic rings.